The number of hydrogen-bond donors (Lipinski definition) is 2. The van der Waals surface area contributed by atoms with Gasteiger partial charge in [0, 0.05) is 6.61 Å². The van der Waals surface area contributed by atoms with E-state index in [0.717, 1.165) is 0 Å². The summed E-state index contributed by atoms with van der Waals surface area (Å²) in [5.74, 6) is -1.50. The van der Waals surface area contributed by atoms with Crippen molar-refractivity contribution in [2.24, 2.45) is 0 Å². The van der Waals surface area contributed by atoms with Crippen LogP contribution in [-0.2, 0) is 14.3 Å². The summed E-state index contributed by atoms with van der Waals surface area (Å²) in [7, 11) is 0. The summed E-state index contributed by atoms with van der Waals surface area (Å²) in [5, 5.41) is 18.4. The van der Waals surface area contributed by atoms with Crippen LogP contribution in [0.1, 0.15) is 22.6 Å². The van der Waals surface area contributed by atoms with Crippen LogP contribution in [0.15, 0.2) is 4.63 Å². The number of amides is 1. The molecule has 0 radical (unpaired) electrons. The van der Waals surface area contributed by atoms with Gasteiger partial charge in [-0.2, -0.15) is 0 Å². The lowest BCUT2D eigenvalue weighted by Crippen LogP contribution is -2.50. The number of carboxylic acid groups (broad SMARTS) is 1. The maximum atomic E-state index is 12.0. The van der Waals surface area contributed by atoms with Crippen LogP contribution in [0.4, 0.5) is 0 Å². The molecule has 0 aliphatic carbocycles. The summed E-state index contributed by atoms with van der Waals surface area (Å²) < 4.78 is 14.9. The van der Waals surface area contributed by atoms with E-state index in [1.54, 1.807) is 6.92 Å². The van der Waals surface area contributed by atoms with Crippen LogP contribution >= 0.6 is 0 Å². The summed E-state index contributed by atoms with van der Waals surface area (Å²) in [6, 6.07) is -0.341. The fourth-order valence-corrected chi connectivity index (χ4v) is 1.89. The first-order valence-corrected chi connectivity index (χ1v) is 6.09. The molecular weight excluding hydrogens is 270 g/mol. The van der Waals surface area contributed by atoms with Gasteiger partial charge in [0.25, 0.3) is 5.91 Å². The molecule has 1 fully saturated rings. The highest BCUT2D eigenvalue weighted by atomic mass is 16.6. The van der Waals surface area contributed by atoms with E-state index >= 15 is 0 Å². The highest BCUT2D eigenvalue weighted by Gasteiger charge is 2.30. The second kappa shape index (κ2) is 6.44. The van der Waals surface area contributed by atoms with E-state index in [1.807, 2.05) is 0 Å². The Hall–Kier alpha value is -2.00. The zero-order valence-electron chi connectivity index (χ0n) is 10.9. The van der Waals surface area contributed by atoms with Crippen LogP contribution < -0.4 is 5.32 Å². The summed E-state index contributed by atoms with van der Waals surface area (Å²) >= 11 is 0. The van der Waals surface area contributed by atoms with E-state index in [4.69, 9.17) is 14.6 Å². The molecule has 0 aromatic carbocycles. The number of aryl methyl sites for hydroxylation is 1. The molecule has 1 aliphatic rings. The molecule has 2 N–H and O–H groups in total. The second-order valence-corrected chi connectivity index (χ2v) is 4.38. The number of hydrogen-bond acceptors (Lipinski definition) is 7. The van der Waals surface area contributed by atoms with Gasteiger partial charge in [-0.05, 0) is 18.5 Å². The van der Waals surface area contributed by atoms with Gasteiger partial charge in [-0.1, -0.05) is 5.16 Å². The molecule has 1 aliphatic heterocycles. The van der Waals surface area contributed by atoms with Crippen molar-refractivity contribution in [1.82, 2.24) is 15.6 Å². The molecule has 0 bridgehead atoms. The monoisotopic (exact) mass is 285 g/mol. The molecule has 110 valence electrons. The number of carbonyl (C=O) groups excluding carboxylic acids is 1. The zero-order chi connectivity index (χ0) is 14.5. The Morgan fingerprint density at radius 3 is 2.95 bits per heavy atom. The van der Waals surface area contributed by atoms with Crippen molar-refractivity contribution in [3.8, 4) is 0 Å². The molecule has 1 aromatic rings. The van der Waals surface area contributed by atoms with Crippen LogP contribution in [0.2, 0.25) is 0 Å². The van der Waals surface area contributed by atoms with Crippen LogP contribution in [-0.4, -0.2) is 59.3 Å². The minimum atomic E-state index is -1.07. The lowest BCUT2D eigenvalue weighted by atomic mass is 10.1. The number of rotatable bonds is 5. The van der Waals surface area contributed by atoms with E-state index in [2.05, 4.69) is 20.3 Å². The molecule has 0 spiro atoms. The number of nitrogens with zero attached hydrogens (tertiary/aromatic N) is 2. The molecule has 2 atom stereocenters. The largest absolute Gasteiger partial charge is 0.480 e. The van der Waals surface area contributed by atoms with Crippen LogP contribution in [0.3, 0.4) is 0 Å². The highest BCUT2D eigenvalue weighted by Crippen LogP contribution is 2.12. The van der Waals surface area contributed by atoms with Gasteiger partial charge in [0.15, 0.2) is 5.69 Å². The van der Waals surface area contributed by atoms with Gasteiger partial charge < -0.3 is 19.9 Å². The quantitative estimate of drug-likeness (QED) is 0.732. The molecule has 9 heteroatoms. The Morgan fingerprint density at radius 2 is 2.30 bits per heavy atom. The maximum Gasteiger partial charge on any atom is 0.329 e. The van der Waals surface area contributed by atoms with Gasteiger partial charge in [-0.3, -0.25) is 4.79 Å². The summed E-state index contributed by atoms with van der Waals surface area (Å²) in [4.78, 5) is 22.5. The first kappa shape index (κ1) is 14.4. The van der Waals surface area contributed by atoms with Crippen molar-refractivity contribution < 1.29 is 28.8 Å². The number of aliphatic carboxylic acids is 1. The average molecular weight is 285 g/mol. The molecule has 2 rings (SSSR count). The predicted octanol–water partition coefficient (Wildman–Crippen LogP) is -0.633. The number of ether oxygens (including phenoxy) is 2. The van der Waals surface area contributed by atoms with E-state index in [1.165, 1.54) is 0 Å². The Balaban J connectivity index is 1.96. The fourth-order valence-electron chi connectivity index (χ4n) is 1.89. The molecule has 0 unspecified atom stereocenters. The van der Waals surface area contributed by atoms with Gasteiger partial charge in [-0.25, -0.2) is 9.42 Å². The Labute approximate surface area is 114 Å². The molecular formula is C11H15N3O6. The summed E-state index contributed by atoms with van der Waals surface area (Å²) in [5.41, 5.74) is 0.492. The van der Waals surface area contributed by atoms with E-state index in [0.29, 0.717) is 18.7 Å². The van der Waals surface area contributed by atoms with Crippen molar-refractivity contribution in [2.75, 3.05) is 19.8 Å². The minimum Gasteiger partial charge on any atom is -0.480 e. The predicted molar refractivity (Wildman–Crippen MR) is 63.1 cm³/mol. The van der Waals surface area contributed by atoms with Gasteiger partial charge in [0.1, 0.15) is 18.4 Å². The number of nitrogens with one attached hydrogen (secondary N) is 1. The SMILES string of the molecule is Cc1nonc1C(=O)N[C@@H]1CCOC[C@H]1OCC(=O)O. The Kier molecular flexibility index (Phi) is 4.64. The molecule has 1 saturated heterocycles. The number of carbonyl (C=O) groups is 2. The van der Waals surface area contributed by atoms with Crippen LogP contribution in [0, 0.1) is 6.92 Å². The minimum absolute atomic E-state index is 0.105. The van der Waals surface area contributed by atoms with Gasteiger partial charge in [0.2, 0.25) is 0 Å². The molecule has 1 amide bonds. The Morgan fingerprint density at radius 1 is 1.50 bits per heavy atom. The normalized spacial score (nSPS) is 22.4. The van der Waals surface area contributed by atoms with E-state index in [-0.39, 0.29) is 18.3 Å². The highest BCUT2D eigenvalue weighted by molar-refractivity contribution is 5.93. The van der Waals surface area contributed by atoms with Crippen molar-refractivity contribution in [1.29, 1.82) is 0 Å². The maximum absolute atomic E-state index is 12.0. The van der Waals surface area contributed by atoms with Gasteiger partial charge in [-0.15, -0.1) is 0 Å². The molecule has 2 heterocycles. The third-order valence-electron chi connectivity index (χ3n) is 2.91. The summed E-state index contributed by atoms with van der Waals surface area (Å²) in [6.45, 7) is 1.86. The second-order valence-electron chi connectivity index (χ2n) is 4.38. The van der Waals surface area contributed by atoms with E-state index < -0.39 is 24.6 Å². The number of carboxylic acids is 1. The van der Waals surface area contributed by atoms with Crippen molar-refractivity contribution >= 4 is 11.9 Å². The van der Waals surface area contributed by atoms with Crippen molar-refractivity contribution in [2.45, 2.75) is 25.5 Å². The third kappa shape index (κ3) is 3.52. The van der Waals surface area contributed by atoms with Crippen molar-refractivity contribution in [3.05, 3.63) is 11.4 Å². The molecule has 20 heavy (non-hydrogen) atoms. The van der Waals surface area contributed by atoms with Gasteiger partial charge in [0.05, 0.1) is 12.6 Å². The topological polar surface area (TPSA) is 124 Å². The molecule has 0 saturated carbocycles. The summed E-state index contributed by atoms with van der Waals surface area (Å²) in [6.07, 6.45) is 0.0179. The van der Waals surface area contributed by atoms with Crippen LogP contribution in [0.5, 0.6) is 0 Å². The smallest absolute Gasteiger partial charge is 0.329 e. The third-order valence-corrected chi connectivity index (χ3v) is 2.91. The lowest BCUT2D eigenvalue weighted by molar-refractivity contribution is -0.148. The zero-order valence-corrected chi connectivity index (χ0v) is 10.9. The van der Waals surface area contributed by atoms with Crippen molar-refractivity contribution in [3.63, 3.8) is 0 Å². The molecule has 9 nitrogen and oxygen atoms in total. The average Bonchev–Trinajstić information content (AvgIpc) is 2.84. The molecule has 1 aromatic heterocycles. The van der Waals surface area contributed by atoms with Gasteiger partial charge >= 0.3 is 5.97 Å². The lowest BCUT2D eigenvalue weighted by Gasteiger charge is -2.31. The standard InChI is InChI=1S/C11H15N3O6/c1-6-10(14-20-13-6)11(17)12-7-2-3-18-4-8(7)19-5-9(15)16/h7-8H,2-5H2,1H3,(H,12,17)(H,15,16)/t7-,8-/m1/s1. The first-order valence-electron chi connectivity index (χ1n) is 6.09. The fraction of sp³-hybridized carbons (Fsp3) is 0.636. The number of aromatic nitrogens is 2. The first-order chi connectivity index (χ1) is 9.58. The van der Waals surface area contributed by atoms with E-state index in [9.17, 15) is 9.59 Å². The van der Waals surface area contributed by atoms with Crippen LogP contribution in [0.25, 0.3) is 0 Å². The Bertz CT molecular complexity index is 488.